The minimum atomic E-state index is 0.0228. The maximum absolute atomic E-state index is 5.49. The Hall–Kier alpha value is -1.82. The van der Waals surface area contributed by atoms with E-state index in [1.807, 2.05) is 12.1 Å². The van der Waals surface area contributed by atoms with E-state index in [4.69, 9.17) is 12.3 Å². The summed E-state index contributed by atoms with van der Waals surface area (Å²) in [6.07, 6.45) is 5.90. The molecule has 0 saturated carbocycles. The Balaban J connectivity index is 2.42. The van der Waals surface area contributed by atoms with Crippen LogP contribution >= 0.6 is 0 Å². The van der Waals surface area contributed by atoms with Crippen molar-refractivity contribution in [1.29, 1.82) is 0 Å². The first kappa shape index (κ1) is 10.7. The Morgan fingerprint density at radius 2 is 1.94 bits per heavy atom. The molecule has 0 aromatic heterocycles. The van der Waals surface area contributed by atoms with E-state index in [9.17, 15) is 0 Å². The number of hydrazine groups is 1. The highest BCUT2D eigenvalue weighted by Gasteiger charge is 2.07. The normalized spacial score (nSPS) is 12.2. The molecule has 0 aliphatic carbocycles. The summed E-state index contributed by atoms with van der Waals surface area (Å²) in [7, 11) is 0. The van der Waals surface area contributed by atoms with Crippen molar-refractivity contribution in [2.24, 2.45) is 5.84 Å². The minimum Gasteiger partial charge on any atom is -0.271 e. The summed E-state index contributed by atoms with van der Waals surface area (Å²) in [5.41, 5.74) is 3.87. The van der Waals surface area contributed by atoms with Gasteiger partial charge >= 0.3 is 0 Å². The molecule has 80 valence electrons. The van der Waals surface area contributed by atoms with Crippen LogP contribution in [0.4, 0.5) is 0 Å². The zero-order valence-corrected chi connectivity index (χ0v) is 8.98. The van der Waals surface area contributed by atoms with Gasteiger partial charge in [0.15, 0.2) is 0 Å². The number of rotatable bonds is 3. The SMILES string of the molecule is C#CCC(NN)c1ccc2ccccc2c1. The van der Waals surface area contributed by atoms with E-state index in [-0.39, 0.29) is 6.04 Å². The van der Waals surface area contributed by atoms with Gasteiger partial charge in [-0.25, -0.2) is 0 Å². The molecular formula is C14H14N2. The fraction of sp³-hybridized carbons (Fsp3) is 0.143. The van der Waals surface area contributed by atoms with Crippen LogP contribution in [0.2, 0.25) is 0 Å². The summed E-state index contributed by atoms with van der Waals surface area (Å²) in [5.74, 6) is 8.11. The fourth-order valence-electron chi connectivity index (χ4n) is 1.82. The number of fused-ring (bicyclic) bond motifs is 1. The topological polar surface area (TPSA) is 38.0 Å². The third kappa shape index (κ3) is 2.06. The van der Waals surface area contributed by atoms with Crippen molar-refractivity contribution in [3.05, 3.63) is 48.0 Å². The lowest BCUT2D eigenvalue weighted by Crippen LogP contribution is -2.27. The van der Waals surface area contributed by atoms with Gasteiger partial charge in [-0.3, -0.25) is 11.3 Å². The van der Waals surface area contributed by atoms with Gasteiger partial charge in [0.05, 0.1) is 6.04 Å². The first-order valence-electron chi connectivity index (χ1n) is 5.23. The van der Waals surface area contributed by atoms with Crippen molar-refractivity contribution >= 4 is 10.8 Å². The van der Waals surface area contributed by atoms with Crippen LogP contribution in [0, 0.1) is 12.3 Å². The number of hydrogen-bond acceptors (Lipinski definition) is 2. The summed E-state index contributed by atoms with van der Waals surface area (Å²) >= 11 is 0. The Morgan fingerprint density at radius 1 is 1.19 bits per heavy atom. The van der Waals surface area contributed by atoms with Crippen molar-refractivity contribution in [3.8, 4) is 12.3 Å². The third-order valence-corrected chi connectivity index (χ3v) is 2.70. The first-order valence-corrected chi connectivity index (χ1v) is 5.23. The van der Waals surface area contributed by atoms with Crippen LogP contribution in [0.3, 0.4) is 0 Å². The molecule has 2 nitrogen and oxygen atoms in total. The molecule has 0 saturated heterocycles. The van der Waals surface area contributed by atoms with Crippen LogP contribution in [-0.4, -0.2) is 0 Å². The van der Waals surface area contributed by atoms with Crippen molar-refractivity contribution in [2.45, 2.75) is 12.5 Å². The van der Waals surface area contributed by atoms with Crippen molar-refractivity contribution in [2.75, 3.05) is 0 Å². The molecule has 2 aromatic carbocycles. The quantitative estimate of drug-likeness (QED) is 0.463. The molecule has 0 radical (unpaired) electrons. The minimum absolute atomic E-state index is 0.0228. The molecule has 1 unspecified atom stereocenters. The van der Waals surface area contributed by atoms with E-state index >= 15 is 0 Å². The summed E-state index contributed by atoms with van der Waals surface area (Å²) < 4.78 is 0. The maximum Gasteiger partial charge on any atom is 0.0569 e. The fourth-order valence-corrected chi connectivity index (χ4v) is 1.82. The molecule has 0 spiro atoms. The van der Waals surface area contributed by atoms with Crippen LogP contribution in [0.5, 0.6) is 0 Å². The van der Waals surface area contributed by atoms with Gasteiger partial charge in [-0.05, 0) is 22.4 Å². The summed E-state index contributed by atoms with van der Waals surface area (Å²) in [6, 6.07) is 14.5. The molecule has 2 heteroatoms. The van der Waals surface area contributed by atoms with Gasteiger partial charge in [-0.15, -0.1) is 12.3 Å². The van der Waals surface area contributed by atoms with Crippen molar-refractivity contribution in [3.63, 3.8) is 0 Å². The second-order valence-electron chi connectivity index (χ2n) is 3.73. The zero-order valence-electron chi connectivity index (χ0n) is 8.98. The lowest BCUT2D eigenvalue weighted by atomic mass is 10.0. The smallest absolute Gasteiger partial charge is 0.0569 e. The van der Waals surface area contributed by atoms with Gasteiger partial charge < -0.3 is 0 Å². The molecule has 0 amide bonds. The molecule has 16 heavy (non-hydrogen) atoms. The van der Waals surface area contributed by atoms with Crippen LogP contribution in [0.1, 0.15) is 18.0 Å². The molecule has 2 aromatic rings. The average Bonchev–Trinajstić information content (AvgIpc) is 2.35. The molecule has 0 fully saturated rings. The molecule has 0 heterocycles. The van der Waals surface area contributed by atoms with Crippen molar-refractivity contribution in [1.82, 2.24) is 5.43 Å². The van der Waals surface area contributed by atoms with E-state index in [1.165, 1.54) is 10.8 Å². The monoisotopic (exact) mass is 210 g/mol. The predicted octanol–water partition coefficient (Wildman–Crippen LogP) is 2.37. The Bertz CT molecular complexity index is 525. The van der Waals surface area contributed by atoms with E-state index < -0.39 is 0 Å². The lowest BCUT2D eigenvalue weighted by molar-refractivity contribution is 0.569. The number of nitrogens with two attached hydrogens (primary N) is 1. The molecule has 0 aliphatic heterocycles. The Labute approximate surface area is 95.4 Å². The highest BCUT2D eigenvalue weighted by molar-refractivity contribution is 5.83. The molecule has 2 rings (SSSR count). The number of benzene rings is 2. The third-order valence-electron chi connectivity index (χ3n) is 2.70. The van der Waals surface area contributed by atoms with E-state index in [0.29, 0.717) is 6.42 Å². The predicted molar refractivity (Wildman–Crippen MR) is 67.5 cm³/mol. The van der Waals surface area contributed by atoms with Gasteiger partial charge in [0.1, 0.15) is 0 Å². The number of terminal acetylenes is 1. The Kier molecular flexibility index (Phi) is 3.21. The van der Waals surface area contributed by atoms with E-state index in [0.717, 1.165) is 5.56 Å². The second kappa shape index (κ2) is 4.80. The van der Waals surface area contributed by atoms with Gasteiger partial charge in [0.2, 0.25) is 0 Å². The maximum atomic E-state index is 5.49. The van der Waals surface area contributed by atoms with Crippen LogP contribution < -0.4 is 11.3 Å². The summed E-state index contributed by atoms with van der Waals surface area (Å²) in [4.78, 5) is 0. The van der Waals surface area contributed by atoms with Gasteiger partial charge in [0.25, 0.3) is 0 Å². The zero-order chi connectivity index (χ0) is 11.4. The number of hydrogen-bond donors (Lipinski definition) is 2. The highest BCUT2D eigenvalue weighted by Crippen LogP contribution is 2.21. The second-order valence-corrected chi connectivity index (χ2v) is 3.73. The van der Waals surface area contributed by atoms with Crippen LogP contribution in [0.15, 0.2) is 42.5 Å². The van der Waals surface area contributed by atoms with Crippen LogP contribution in [0.25, 0.3) is 10.8 Å². The summed E-state index contributed by atoms with van der Waals surface area (Å²) in [5, 5.41) is 2.43. The average molecular weight is 210 g/mol. The lowest BCUT2D eigenvalue weighted by Gasteiger charge is -2.13. The standard InChI is InChI=1S/C14H14N2/c1-2-5-14(16-15)13-9-8-11-6-3-4-7-12(11)10-13/h1,3-4,6-10,14,16H,5,15H2. The summed E-state index contributed by atoms with van der Waals surface area (Å²) in [6.45, 7) is 0. The van der Waals surface area contributed by atoms with Gasteiger partial charge in [0, 0.05) is 6.42 Å². The molecule has 0 bridgehead atoms. The molecule has 1 atom stereocenters. The highest BCUT2D eigenvalue weighted by atomic mass is 15.2. The van der Waals surface area contributed by atoms with E-state index in [1.54, 1.807) is 0 Å². The number of nitrogens with one attached hydrogen (secondary N) is 1. The largest absolute Gasteiger partial charge is 0.271 e. The van der Waals surface area contributed by atoms with Crippen molar-refractivity contribution < 1.29 is 0 Å². The van der Waals surface area contributed by atoms with Gasteiger partial charge in [-0.1, -0.05) is 36.4 Å². The van der Waals surface area contributed by atoms with Crippen LogP contribution in [-0.2, 0) is 0 Å². The van der Waals surface area contributed by atoms with Gasteiger partial charge in [-0.2, -0.15) is 0 Å². The molecule has 0 aliphatic rings. The Morgan fingerprint density at radius 3 is 2.62 bits per heavy atom. The molecule has 3 N–H and O–H groups in total. The van der Waals surface area contributed by atoms with E-state index in [2.05, 4.69) is 41.7 Å². The first-order chi connectivity index (χ1) is 7.85. The molecular weight excluding hydrogens is 196 g/mol.